The Morgan fingerprint density at radius 1 is 1.19 bits per heavy atom. The first-order chi connectivity index (χ1) is 12.3. The molecule has 0 unspecified atom stereocenters. The SMILES string of the molecule is CCc1cc(=O)[nH]c(SCC(=O)Nc2c(C(C)C)cccc2C(C)C)n1. The van der Waals surface area contributed by atoms with Crippen molar-refractivity contribution in [2.45, 2.75) is 58.0 Å². The van der Waals surface area contributed by atoms with Crippen LogP contribution in [0.15, 0.2) is 34.2 Å². The number of hydrogen-bond acceptors (Lipinski definition) is 4. The highest BCUT2D eigenvalue weighted by Crippen LogP contribution is 2.32. The molecule has 2 N–H and O–H groups in total. The number of benzene rings is 1. The van der Waals surface area contributed by atoms with Crippen LogP contribution in [0.4, 0.5) is 5.69 Å². The van der Waals surface area contributed by atoms with Gasteiger partial charge in [-0.25, -0.2) is 4.98 Å². The molecule has 0 saturated heterocycles. The van der Waals surface area contributed by atoms with Crippen LogP contribution in [0.1, 0.15) is 63.3 Å². The molecule has 0 saturated carbocycles. The fourth-order valence-electron chi connectivity index (χ4n) is 2.74. The number of nitrogens with zero attached hydrogens (tertiary/aromatic N) is 1. The Balaban J connectivity index is 2.15. The number of para-hydroxylation sites is 1. The Hall–Kier alpha value is -2.08. The first kappa shape index (κ1) is 20.2. The van der Waals surface area contributed by atoms with Crippen molar-refractivity contribution in [3.63, 3.8) is 0 Å². The van der Waals surface area contributed by atoms with E-state index < -0.39 is 0 Å². The molecule has 0 aliphatic heterocycles. The largest absolute Gasteiger partial charge is 0.325 e. The summed E-state index contributed by atoms with van der Waals surface area (Å²) in [6, 6.07) is 7.64. The number of carbonyl (C=O) groups is 1. The average molecular weight is 374 g/mol. The van der Waals surface area contributed by atoms with E-state index in [0.717, 1.165) is 22.5 Å². The predicted molar refractivity (Wildman–Crippen MR) is 108 cm³/mol. The minimum Gasteiger partial charge on any atom is -0.325 e. The highest BCUT2D eigenvalue weighted by atomic mass is 32.2. The van der Waals surface area contributed by atoms with Crippen LogP contribution in [-0.4, -0.2) is 21.6 Å². The number of carbonyl (C=O) groups excluding carboxylic acids is 1. The minimum absolute atomic E-state index is 0.102. The molecule has 1 aromatic carbocycles. The third-order valence-electron chi connectivity index (χ3n) is 4.11. The molecule has 2 rings (SSSR count). The first-order valence-electron chi connectivity index (χ1n) is 8.97. The molecule has 0 fully saturated rings. The molecule has 0 bridgehead atoms. The Labute approximate surface area is 159 Å². The number of H-pyrrole nitrogens is 1. The summed E-state index contributed by atoms with van der Waals surface area (Å²) in [7, 11) is 0. The topological polar surface area (TPSA) is 74.8 Å². The first-order valence-corrected chi connectivity index (χ1v) is 9.96. The zero-order valence-electron chi connectivity index (χ0n) is 16.1. The molecule has 0 atom stereocenters. The van der Waals surface area contributed by atoms with Gasteiger partial charge in [-0.15, -0.1) is 0 Å². The summed E-state index contributed by atoms with van der Waals surface area (Å²) in [5.74, 6) is 0.724. The molecule has 0 radical (unpaired) electrons. The van der Waals surface area contributed by atoms with Gasteiger partial charge in [0.1, 0.15) is 0 Å². The van der Waals surface area contributed by atoms with Gasteiger partial charge in [-0.2, -0.15) is 0 Å². The Bertz CT molecular complexity index is 802. The van der Waals surface area contributed by atoms with E-state index in [0.29, 0.717) is 23.4 Å². The quantitative estimate of drug-likeness (QED) is 0.560. The minimum atomic E-state index is -0.188. The van der Waals surface area contributed by atoms with Crippen LogP contribution in [0.2, 0.25) is 0 Å². The van der Waals surface area contributed by atoms with Gasteiger partial charge in [-0.3, -0.25) is 9.59 Å². The van der Waals surface area contributed by atoms with Crippen molar-refractivity contribution in [1.82, 2.24) is 9.97 Å². The Morgan fingerprint density at radius 2 is 1.81 bits per heavy atom. The van der Waals surface area contributed by atoms with Crippen molar-refractivity contribution in [2.24, 2.45) is 0 Å². The number of rotatable bonds is 7. The number of aromatic amines is 1. The van der Waals surface area contributed by atoms with Crippen LogP contribution >= 0.6 is 11.8 Å². The number of nitrogens with one attached hydrogen (secondary N) is 2. The third kappa shape index (κ3) is 5.21. The van der Waals surface area contributed by atoms with Crippen LogP contribution < -0.4 is 10.9 Å². The molecule has 0 spiro atoms. The van der Waals surface area contributed by atoms with E-state index in [4.69, 9.17) is 0 Å². The number of anilines is 1. The van der Waals surface area contributed by atoms with Crippen LogP contribution in [0, 0.1) is 0 Å². The summed E-state index contributed by atoms with van der Waals surface area (Å²) in [4.78, 5) is 31.2. The lowest BCUT2D eigenvalue weighted by Gasteiger charge is -2.20. The smallest absolute Gasteiger partial charge is 0.251 e. The summed E-state index contributed by atoms with van der Waals surface area (Å²) >= 11 is 1.24. The van der Waals surface area contributed by atoms with Gasteiger partial charge in [0.05, 0.1) is 5.75 Å². The van der Waals surface area contributed by atoms with Crippen LogP contribution in [-0.2, 0) is 11.2 Å². The molecule has 0 aliphatic rings. The van der Waals surface area contributed by atoms with Crippen LogP contribution in [0.3, 0.4) is 0 Å². The molecule has 6 heteroatoms. The molecule has 5 nitrogen and oxygen atoms in total. The number of hydrogen-bond donors (Lipinski definition) is 2. The molecule has 0 aliphatic carbocycles. The molecule has 1 aromatic heterocycles. The van der Waals surface area contributed by atoms with Crippen molar-refractivity contribution >= 4 is 23.4 Å². The maximum absolute atomic E-state index is 12.5. The van der Waals surface area contributed by atoms with Gasteiger partial charge in [0.25, 0.3) is 5.56 Å². The van der Waals surface area contributed by atoms with Gasteiger partial charge >= 0.3 is 0 Å². The maximum atomic E-state index is 12.5. The standard InChI is InChI=1S/C20H27N3O2S/c1-6-14-10-17(24)23-20(21-14)26-11-18(25)22-19-15(12(2)3)8-7-9-16(19)13(4)5/h7-10,12-13H,6,11H2,1-5H3,(H,22,25)(H,21,23,24). The van der Waals surface area contributed by atoms with Gasteiger partial charge in [-0.05, 0) is 29.4 Å². The van der Waals surface area contributed by atoms with Crippen molar-refractivity contribution < 1.29 is 4.79 Å². The van der Waals surface area contributed by atoms with Gasteiger partial charge < -0.3 is 10.3 Å². The lowest BCUT2D eigenvalue weighted by Crippen LogP contribution is -2.18. The molecular formula is C20H27N3O2S. The summed E-state index contributed by atoms with van der Waals surface area (Å²) in [6.45, 7) is 10.4. The second kappa shape index (κ2) is 9.03. The van der Waals surface area contributed by atoms with Gasteiger partial charge in [-0.1, -0.05) is 64.6 Å². The van der Waals surface area contributed by atoms with Gasteiger partial charge in [0.15, 0.2) is 5.16 Å². The lowest BCUT2D eigenvalue weighted by atomic mass is 9.92. The van der Waals surface area contributed by atoms with Crippen LogP contribution in [0.5, 0.6) is 0 Å². The molecule has 140 valence electrons. The van der Waals surface area contributed by atoms with E-state index in [2.05, 4.69) is 55.1 Å². The zero-order chi connectivity index (χ0) is 19.3. The van der Waals surface area contributed by atoms with E-state index in [1.807, 2.05) is 13.0 Å². The molecular weight excluding hydrogens is 346 g/mol. The third-order valence-corrected chi connectivity index (χ3v) is 4.99. The number of thioether (sulfide) groups is 1. The van der Waals surface area contributed by atoms with E-state index in [1.165, 1.54) is 17.8 Å². The fourth-order valence-corrected chi connectivity index (χ4v) is 3.43. The monoisotopic (exact) mass is 373 g/mol. The molecule has 2 aromatic rings. The fraction of sp³-hybridized carbons (Fsp3) is 0.450. The van der Waals surface area contributed by atoms with Gasteiger partial charge in [0.2, 0.25) is 5.91 Å². The Kier molecular flexibility index (Phi) is 7.03. The van der Waals surface area contributed by atoms with Crippen molar-refractivity contribution in [3.8, 4) is 0 Å². The lowest BCUT2D eigenvalue weighted by molar-refractivity contribution is -0.113. The highest BCUT2D eigenvalue weighted by Gasteiger charge is 2.16. The molecule has 1 amide bonds. The van der Waals surface area contributed by atoms with E-state index in [9.17, 15) is 9.59 Å². The summed E-state index contributed by atoms with van der Waals surface area (Å²) in [5, 5.41) is 3.55. The molecule has 26 heavy (non-hydrogen) atoms. The van der Waals surface area contributed by atoms with Crippen molar-refractivity contribution in [2.75, 3.05) is 11.1 Å². The van der Waals surface area contributed by atoms with E-state index >= 15 is 0 Å². The second-order valence-corrected chi connectivity index (χ2v) is 7.82. The average Bonchev–Trinajstić information content (AvgIpc) is 2.59. The Morgan fingerprint density at radius 3 is 2.35 bits per heavy atom. The van der Waals surface area contributed by atoms with Crippen molar-refractivity contribution in [1.29, 1.82) is 0 Å². The number of aromatic nitrogens is 2. The van der Waals surface area contributed by atoms with E-state index in [1.54, 1.807) is 0 Å². The normalized spacial score (nSPS) is 11.2. The summed E-state index contributed by atoms with van der Waals surface area (Å²) < 4.78 is 0. The number of aryl methyl sites for hydroxylation is 1. The second-order valence-electron chi connectivity index (χ2n) is 6.85. The highest BCUT2D eigenvalue weighted by molar-refractivity contribution is 7.99. The van der Waals surface area contributed by atoms with Crippen LogP contribution in [0.25, 0.3) is 0 Å². The van der Waals surface area contributed by atoms with E-state index in [-0.39, 0.29) is 17.2 Å². The molecule has 1 heterocycles. The number of amides is 1. The summed E-state index contributed by atoms with van der Waals surface area (Å²) in [6.07, 6.45) is 0.684. The predicted octanol–water partition coefficient (Wildman–Crippen LogP) is 4.31. The van der Waals surface area contributed by atoms with Gasteiger partial charge in [0, 0.05) is 17.4 Å². The van der Waals surface area contributed by atoms with Crippen molar-refractivity contribution in [3.05, 3.63) is 51.4 Å². The summed E-state index contributed by atoms with van der Waals surface area (Å²) in [5.41, 5.74) is 3.71. The maximum Gasteiger partial charge on any atom is 0.251 e. The zero-order valence-corrected chi connectivity index (χ0v) is 16.9.